The van der Waals surface area contributed by atoms with Gasteiger partial charge in [-0.2, -0.15) is 0 Å². The number of nitrogens with zero attached hydrogens (tertiary/aromatic N) is 3. The number of amides is 3. The van der Waals surface area contributed by atoms with Gasteiger partial charge in [0.1, 0.15) is 5.76 Å². The summed E-state index contributed by atoms with van der Waals surface area (Å²) in [6.45, 7) is 13.9. The third-order valence-corrected chi connectivity index (χ3v) is 4.20. The fourth-order valence-corrected chi connectivity index (χ4v) is 2.64. The van der Waals surface area contributed by atoms with E-state index in [1.807, 2.05) is 13.0 Å². The maximum absolute atomic E-state index is 12.4. The van der Waals surface area contributed by atoms with E-state index in [0.29, 0.717) is 30.0 Å². The van der Waals surface area contributed by atoms with Crippen LogP contribution in [0.3, 0.4) is 0 Å². The highest BCUT2D eigenvalue weighted by Crippen LogP contribution is 2.21. The van der Waals surface area contributed by atoms with Crippen LogP contribution < -0.4 is 0 Å². The topological polar surface area (TPSA) is 70.2 Å². The number of rotatable bonds is 9. The zero-order chi connectivity index (χ0) is 20.1. The summed E-state index contributed by atoms with van der Waals surface area (Å²) in [5.74, 6) is -0.262. The maximum atomic E-state index is 12.4. The lowest BCUT2D eigenvalue weighted by molar-refractivity contribution is -0.154. The molecule has 0 spiro atoms. The molecule has 144 valence electrons. The van der Waals surface area contributed by atoms with Crippen LogP contribution in [0, 0.1) is 5.92 Å². The summed E-state index contributed by atoms with van der Waals surface area (Å²) >= 11 is 0. The smallest absolute Gasteiger partial charge is 0.284 e. The molecule has 27 heavy (non-hydrogen) atoms. The summed E-state index contributed by atoms with van der Waals surface area (Å²) in [6, 6.07) is 0. The first-order valence-electron chi connectivity index (χ1n) is 8.65. The van der Waals surface area contributed by atoms with E-state index in [9.17, 15) is 14.4 Å². The molecule has 0 saturated carbocycles. The van der Waals surface area contributed by atoms with Gasteiger partial charge in [0.25, 0.3) is 11.8 Å². The number of hydrogen-bond acceptors (Lipinski definition) is 4. The van der Waals surface area contributed by atoms with Crippen LogP contribution in [0.4, 0.5) is 0 Å². The lowest BCUT2D eigenvalue weighted by Crippen LogP contribution is -2.37. The van der Waals surface area contributed by atoms with Crippen LogP contribution in [0.15, 0.2) is 61.2 Å². The van der Waals surface area contributed by atoms with Gasteiger partial charge in [-0.3, -0.25) is 14.4 Å². The Hall–Kier alpha value is -3.09. The quantitative estimate of drug-likeness (QED) is 0.460. The highest BCUT2D eigenvalue weighted by molar-refractivity contribution is 5.95. The highest BCUT2D eigenvalue weighted by atomic mass is 16.7. The van der Waals surface area contributed by atoms with Crippen molar-refractivity contribution in [3.8, 4) is 0 Å². The first kappa shape index (κ1) is 20.2. The number of carbonyl (C=O) groups excluding carboxylic acids is 3. The van der Waals surface area contributed by atoms with Gasteiger partial charge in [-0.1, -0.05) is 26.7 Å². The molecule has 2 aliphatic heterocycles. The van der Waals surface area contributed by atoms with E-state index in [1.165, 1.54) is 11.0 Å². The molecule has 2 heterocycles. The van der Waals surface area contributed by atoms with Crippen molar-refractivity contribution in [2.45, 2.75) is 19.8 Å². The Labute approximate surface area is 159 Å². The largest absolute Gasteiger partial charge is 0.377 e. The van der Waals surface area contributed by atoms with E-state index in [0.717, 1.165) is 5.06 Å². The summed E-state index contributed by atoms with van der Waals surface area (Å²) in [6.07, 6.45) is 7.16. The van der Waals surface area contributed by atoms with Crippen LogP contribution in [-0.4, -0.2) is 52.7 Å². The number of hydrogen-bond donors (Lipinski definition) is 0. The summed E-state index contributed by atoms with van der Waals surface area (Å²) in [5, 5.41) is 1.07. The molecule has 0 aliphatic carbocycles. The Morgan fingerprint density at radius 3 is 2.48 bits per heavy atom. The minimum absolute atomic E-state index is 0.0475. The van der Waals surface area contributed by atoms with Crippen molar-refractivity contribution in [2.24, 2.45) is 5.92 Å². The average Bonchev–Trinajstić information content (AvgIpc) is 2.84. The van der Waals surface area contributed by atoms with Crippen LogP contribution in [0.1, 0.15) is 19.8 Å². The molecule has 1 unspecified atom stereocenters. The fraction of sp³-hybridized carbons (Fsp3) is 0.350. The molecule has 0 N–H and O–H groups in total. The van der Waals surface area contributed by atoms with Crippen molar-refractivity contribution in [3.63, 3.8) is 0 Å². The molecule has 2 rings (SSSR count). The van der Waals surface area contributed by atoms with E-state index in [-0.39, 0.29) is 36.6 Å². The van der Waals surface area contributed by atoms with E-state index in [4.69, 9.17) is 4.84 Å². The molecule has 0 aromatic heterocycles. The van der Waals surface area contributed by atoms with Crippen molar-refractivity contribution in [1.29, 1.82) is 0 Å². The van der Waals surface area contributed by atoms with Crippen molar-refractivity contribution in [2.75, 3.05) is 20.1 Å². The predicted molar refractivity (Wildman–Crippen MR) is 101 cm³/mol. The Bertz CT molecular complexity index is 732. The summed E-state index contributed by atoms with van der Waals surface area (Å²) in [4.78, 5) is 44.5. The molecular formula is C20H25N3O4. The fourth-order valence-electron chi connectivity index (χ4n) is 2.64. The minimum atomic E-state index is -0.315. The lowest BCUT2D eigenvalue weighted by atomic mass is 10.0. The van der Waals surface area contributed by atoms with Gasteiger partial charge >= 0.3 is 0 Å². The van der Waals surface area contributed by atoms with Crippen LogP contribution >= 0.6 is 0 Å². The van der Waals surface area contributed by atoms with Crippen molar-refractivity contribution in [3.05, 3.63) is 61.2 Å². The molecule has 0 aromatic carbocycles. The van der Waals surface area contributed by atoms with Gasteiger partial charge in [0, 0.05) is 44.3 Å². The molecule has 2 aliphatic rings. The Morgan fingerprint density at radius 2 is 1.96 bits per heavy atom. The number of carbonyl (C=O) groups is 3. The van der Waals surface area contributed by atoms with Crippen molar-refractivity contribution in [1.82, 2.24) is 14.9 Å². The monoisotopic (exact) mass is 371 g/mol. The van der Waals surface area contributed by atoms with Gasteiger partial charge in [-0.25, -0.2) is 0 Å². The maximum Gasteiger partial charge on any atom is 0.284 e. The second-order valence-electron chi connectivity index (χ2n) is 6.80. The number of likely N-dealkylation sites (N-methyl/N-ethyl adjacent to an activating group) is 1. The Balaban J connectivity index is 1.75. The molecule has 7 heteroatoms. The van der Waals surface area contributed by atoms with Gasteiger partial charge in [0.15, 0.2) is 0 Å². The van der Waals surface area contributed by atoms with E-state index in [1.54, 1.807) is 24.2 Å². The first-order chi connectivity index (χ1) is 12.7. The molecule has 0 aromatic rings. The van der Waals surface area contributed by atoms with E-state index >= 15 is 0 Å². The van der Waals surface area contributed by atoms with Gasteiger partial charge in [0.05, 0.1) is 12.2 Å². The highest BCUT2D eigenvalue weighted by Gasteiger charge is 2.24. The average molecular weight is 371 g/mol. The molecule has 0 radical (unpaired) electrons. The third-order valence-electron chi connectivity index (χ3n) is 4.20. The number of allylic oxidation sites excluding steroid dienone is 2. The normalized spacial score (nSPS) is 16.2. The van der Waals surface area contributed by atoms with Crippen molar-refractivity contribution >= 4 is 17.7 Å². The molecule has 7 nitrogen and oxygen atoms in total. The van der Waals surface area contributed by atoms with Gasteiger partial charge < -0.3 is 14.6 Å². The minimum Gasteiger partial charge on any atom is -0.377 e. The van der Waals surface area contributed by atoms with Crippen LogP contribution in [-0.2, 0) is 19.2 Å². The SMILES string of the molecule is C=C(CC(C)CC(=O)N(C)CC(=C)C(=O)N1C=CC1)ON1C(=C)C=CC1=O. The zero-order valence-corrected chi connectivity index (χ0v) is 15.8. The van der Waals surface area contributed by atoms with Crippen molar-refractivity contribution < 1.29 is 19.2 Å². The second-order valence-corrected chi connectivity index (χ2v) is 6.80. The molecule has 0 bridgehead atoms. The lowest BCUT2D eigenvalue weighted by Gasteiger charge is -2.26. The van der Waals surface area contributed by atoms with Crippen LogP contribution in [0.5, 0.6) is 0 Å². The summed E-state index contributed by atoms with van der Waals surface area (Å²) < 4.78 is 0. The van der Waals surface area contributed by atoms with Crippen LogP contribution in [0.2, 0.25) is 0 Å². The molecule has 1 atom stereocenters. The zero-order valence-electron chi connectivity index (χ0n) is 15.8. The molecule has 0 saturated heterocycles. The Kier molecular flexibility index (Phi) is 6.39. The second kappa shape index (κ2) is 8.53. The van der Waals surface area contributed by atoms with Crippen LogP contribution in [0.25, 0.3) is 0 Å². The van der Waals surface area contributed by atoms with E-state index in [2.05, 4.69) is 19.7 Å². The molecule has 0 fully saturated rings. The predicted octanol–water partition coefficient (Wildman–Crippen LogP) is 2.13. The van der Waals surface area contributed by atoms with Gasteiger partial charge in [0.2, 0.25) is 5.91 Å². The summed E-state index contributed by atoms with van der Waals surface area (Å²) in [5.41, 5.74) is 0.805. The van der Waals surface area contributed by atoms with Gasteiger partial charge in [-0.15, -0.1) is 5.06 Å². The standard InChI is InChI=1S/C20H25N3O4/c1-14(11-17(4)27-23-16(3)7-8-18(23)24)12-19(25)21(5)13-15(2)20(26)22-9-6-10-22/h6-9,14H,2-4,10-13H2,1,5H3. The Morgan fingerprint density at radius 1 is 1.30 bits per heavy atom. The van der Waals surface area contributed by atoms with E-state index < -0.39 is 0 Å². The first-order valence-corrected chi connectivity index (χ1v) is 8.65. The van der Waals surface area contributed by atoms with Gasteiger partial charge in [-0.05, 0) is 18.1 Å². The number of hydroxylamine groups is 2. The summed E-state index contributed by atoms with van der Waals surface area (Å²) in [7, 11) is 1.64. The third kappa shape index (κ3) is 5.20. The molecular weight excluding hydrogens is 346 g/mol. The molecule has 3 amide bonds.